The van der Waals surface area contributed by atoms with Gasteiger partial charge in [0.05, 0.1) is 13.0 Å². The van der Waals surface area contributed by atoms with E-state index in [9.17, 15) is 26.7 Å². The van der Waals surface area contributed by atoms with Crippen molar-refractivity contribution in [3.8, 4) is 6.01 Å². The Labute approximate surface area is 157 Å². The second-order valence-electron chi connectivity index (χ2n) is 6.36. The van der Waals surface area contributed by atoms with E-state index in [1.807, 2.05) is 0 Å². The molecule has 0 spiro atoms. The lowest BCUT2D eigenvalue weighted by Gasteiger charge is -2.32. The molecule has 0 bridgehead atoms. The van der Waals surface area contributed by atoms with Gasteiger partial charge in [-0.2, -0.15) is 18.2 Å². The van der Waals surface area contributed by atoms with E-state index in [4.69, 9.17) is 4.74 Å². The standard InChI is InChI=1S/C18H16F5N3O2/c19-12-4-3-11(14(20)9-12)8-16(27)26-7-1-2-13(10-26)28-17-24-6-5-15(25-17)18(21,22)23/h3-6,9,13H,1-2,7-8,10H2. The van der Waals surface area contributed by atoms with Crippen molar-refractivity contribution in [2.75, 3.05) is 13.1 Å². The second kappa shape index (κ2) is 8.07. The fraction of sp³-hybridized carbons (Fsp3) is 0.389. The van der Waals surface area contributed by atoms with Gasteiger partial charge in [-0.25, -0.2) is 13.8 Å². The summed E-state index contributed by atoms with van der Waals surface area (Å²) in [5.74, 6) is -1.93. The van der Waals surface area contributed by atoms with Crippen LogP contribution in [0.25, 0.3) is 0 Å². The van der Waals surface area contributed by atoms with Crippen LogP contribution in [0.5, 0.6) is 6.01 Å². The molecule has 28 heavy (non-hydrogen) atoms. The zero-order valence-corrected chi connectivity index (χ0v) is 14.5. The zero-order valence-electron chi connectivity index (χ0n) is 14.5. The minimum atomic E-state index is -4.62. The van der Waals surface area contributed by atoms with Gasteiger partial charge in [-0.3, -0.25) is 4.79 Å². The van der Waals surface area contributed by atoms with Crippen LogP contribution in [0.1, 0.15) is 24.1 Å². The lowest BCUT2D eigenvalue weighted by molar-refractivity contribution is -0.141. The molecule has 0 aliphatic carbocycles. The van der Waals surface area contributed by atoms with Gasteiger partial charge in [-0.15, -0.1) is 0 Å². The Morgan fingerprint density at radius 1 is 1.25 bits per heavy atom. The minimum Gasteiger partial charge on any atom is -0.458 e. The maximum atomic E-state index is 13.7. The Bertz CT molecular complexity index is 859. The molecule has 1 saturated heterocycles. The number of hydrogen-bond donors (Lipinski definition) is 0. The van der Waals surface area contributed by atoms with Crippen LogP contribution in [0, 0.1) is 11.6 Å². The van der Waals surface area contributed by atoms with Crippen molar-refractivity contribution in [3.63, 3.8) is 0 Å². The molecule has 5 nitrogen and oxygen atoms in total. The molecular weight excluding hydrogens is 385 g/mol. The van der Waals surface area contributed by atoms with Gasteiger partial charge in [-0.05, 0) is 30.5 Å². The summed E-state index contributed by atoms with van der Waals surface area (Å²) in [6.07, 6.45) is -3.43. The third-order valence-corrected chi connectivity index (χ3v) is 4.28. The second-order valence-corrected chi connectivity index (χ2v) is 6.36. The summed E-state index contributed by atoms with van der Waals surface area (Å²) >= 11 is 0. The Balaban J connectivity index is 1.63. The molecule has 1 unspecified atom stereocenters. The number of carbonyl (C=O) groups excluding carboxylic acids is 1. The summed E-state index contributed by atoms with van der Waals surface area (Å²) in [6, 6.07) is 3.30. The van der Waals surface area contributed by atoms with E-state index >= 15 is 0 Å². The first kappa shape index (κ1) is 20.0. The summed E-state index contributed by atoms with van der Waals surface area (Å²) in [7, 11) is 0. The third kappa shape index (κ3) is 4.93. The lowest BCUT2D eigenvalue weighted by atomic mass is 10.1. The van der Waals surface area contributed by atoms with Crippen molar-refractivity contribution in [2.45, 2.75) is 31.5 Å². The first-order chi connectivity index (χ1) is 13.2. The number of carbonyl (C=O) groups is 1. The molecule has 2 heterocycles. The molecular formula is C18H16F5N3O2. The zero-order chi connectivity index (χ0) is 20.3. The van der Waals surface area contributed by atoms with Crippen LogP contribution in [-0.4, -0.2) is 40.0 Å². The number of aromatic nitrogens is 2. The monoisotopic (exact) mass is 401 g/mol. The third-order valence-electron chi connectivity index (χ3n) is 4.28. The molecule has 1 aromatic carbocycles. The van der Waals surface area contributed by atoms with Crippen LogP contribution in [-0.2, 0) is 17.4 Å². The summed E-state index contributed by atoms with van der Waals surface area (Å²) in [4.78, 5) is 20.9. The normalized spacial score (nSPS) is 17.5. The average Bonchev–Trinajstić information content (AvgIpc) is 2.64. The highest BCUT2D eigenvalue weighted by molar-refractivity contribution is 5.79. The van der Waals surface area contributed by atoms with Gasteiger partial charge in [-0.1, -0.05) is 6.07 Å². The Hall–Kier alpha value is -2.78. The number of hydrogen-bond acceptors (Lipinski definition) is 4. The smallest absolute Gasteiger partial charge is 0.433 e. The number of benzene rings is 1. The summed E-state index contributed by atoms with van der Waals surface area (Å²) in [6.45, 7) is 0.520. The lowest BCUT2D eigenvalue weighted by Crippen LogP contribution is -2.45. The predicted octanol–water partition coefficient (Wildman–Crippen LogP) is 3.39. The van der Waals surface area contributed by atoms with Crippen molar-refractivity contribution in [1.82, 2.24) is 14.9 Å². The van der Waals surface area contributed by atoms with Gasteiger partial charge >= 0.3 is 12.2 Å². The van der Waals surface area contributed by atoms with E-state index in [1.165, 1.54) is 11.0 Å². The maximum Gasteiger partial charge on any atom is 0.433 e. The SMILES string of the molecule is O=C(Cc1ccc(F)cc1F)N1CCCC(Oc2nccc(C(F)(F)F)n2)C1. The van der Waals surface area contributed by atoms with Gasteiger partial charge in [0, 0.05) is 18.8 Å². The van der Waals surface area contributed by atoms with Crippen LogP contribution in [0.2, 0.25) is 0 Å². The fourth-order valence-electron chi connectivity index (χ4n) is 2.91. The number of alkyl halides is 3. The molecule has 3 rings (SSSR count). The van der Waals surface area contributed by atoms with Gasteiger partial charge in [0.1, 0.15) is 17.7 Å². The van der Waals surface area contributed by atoms with E-state index in [2.05, 4.69) is 9.97 Å². The van der Waals surface area contributed by atoms with E-state index in [0.717, 1.165) is 18.3 Å². The van der Waals surface area contributed by atoms with Crippen LogP contribution in [0.3, 0.4) is 0 Å². The molecule has 0 saturated carbocycles. The van der Waals surface area contributed by atoms with Gasteiger partial charge in [0.15, 0.2) is 5.69 Å². The van der Waals surface area contributed by atoms with Crippen LogP contribution >= 0.6 is 0 Å². The Morgan fingerprint density at radius 2 is 2.04 bits per heavy atom. The summed E-state index contributed by atoms with van der Waals surface area (Å²) in [5, 5.41) is 0. The number of likely N-dealkylation sites (tertiary alicyclic amines) is 1. The van der Waals surface area contributed by atoms with Crippen LogP contribution in [0.15, 0.2) is 30.5 Å². The number of piperidine rings is 1. The van der Waals surface area contributed by atoms with E-state index < -0.39 is 35.6 Å². The van der Waals surface area contributed by atoms with Gasteiger partial charge in [0.2, 0.25) is 5.91 Å². The molecule has 1 fully saturated rings. The molecule has 0 radical (unpaired) electrons. The van der Waals surface area contributed by atoms with Crippen molar-refractivity contribution < 1.29 is 31.5 Å². The highest BCUT2D eigenvalue weighted by Gasteiger charge is 2.33. The molecule has 1 atom stereocenters. The number of nitrogens with zero attached hydrogens (tertiary/aromatic N) is 3. The van der Waals surface area contributed by atoms with Crippen molar-refractivity contribution in [1.29, 1.82) is 0 Å². The molecule has 0 N–H and O–H groups in total. The predicted molar refractivity (Wildman–Crippen MR) is 87.3 cm³/mol. The Morgan fingerprint density at radius 3 is 2.75 bits per heavy atom. The van der Waals surface area contributed by atoms with Crippen LogP contribution < -0.4 is 4.74 Å². The molecule has 1 aliphatic rings. The fourth-order valence-corrected chi connectivity index (χ4v) is 2.91. The molecule has 1 aliphatic heterocycles. The van der Waals surface area contributed by atoms with Gasteiger partial charge < -0.3 is 9.64 Å². The first-order valence-corrected chi connectivity index (χ1v) is 8.51. The van der Waals surface area contributed by atoms with Gasteiger partial charge in [0.25, 0.3) is 0 Å². The average molecular weight is 401 g/mol. The number of halogens is 5. The number of ether oxygens (including phenoxy) is 1. The molecule has 2 aromatic rings. The summed E-state index contributed by atoms with van der Waals surface area (Å²) < 4.78 is 70.3. The van der Waals surface area contributed by atoms with Crippen molar-refractivity contribution in [3.05, 3.63) is 53.4 Å². The molecule has 150 valence electrons. The summed E-state index contributed by atoms with van der Waals surface area (Å²) in [5.41, 5.74) is -1.05. The number of rotatable bonds is 4. The largest absolute Gasteiger partial charge is 0.458 e. The highest BCUT2D eigenvalue weighted by atomic mass is 19.4. The quantitative estimate of drug-likeness (QED) is 0.737. The number of amides is 1. The van der Waals surface area contributed by atoms with Crippen LogP contribution in [0.4, 0.5) is 22.0 Å². The minimum absolute atomic E-state index is 0.0654. The molecule has 1 aromatic heterocycles. The highest BCUT2D eigenvalue weighted by Crippen LogP contribution is 2.28. The molecule has 10 heteroatoms. The van der Waals surface area contributed by atoms with Crippen molar-refractivity contribution in [2.24, 2.45) is 0 Å². The molecule has 1 amide bonds. The maximum absolute atomic E-state index is 13.7. The Kier molecular flexibility index (Phi) is 5.76. The topological polar surface area (TPSA) is 55.3 Å². The van der Waals surface area contributed by atoms with E-state index in [-0.39, 0.29) is 24.4 Å². The van der Waals surface area contributed by atoms with E-state index in [0.29, 0.717) is 25.5 Å². The first-order valence-electron chi connectivity index (χ1n) is 8.51. The van der Waals surface area contributed by atoms with Crippen molar-refractivity contribution >= 4 is 5.91 Å². The van der Waals surface area contributed by atoms with E-state index in [1.54, 1.807) is 0 Å².